The zero-order chi connectivity index (χ0) is 9.71. The van der Waals surface area contributed by atoms with E-state index in [-0.39, 0.29) is 0 Å². The third kappa shape index (κ3) is 1.32. The van der Waals surface area contributed by atoms with Crippen LogP contribution in [0.3, 0.4) is 0 Å². The van der Waals surface area contributed by atoms with Crippen LogP contribution in [0.2, 0.25) is 0 Å². The molecule has 1 nitrogen and oxygen atoms in total. The maximum Gasteiger partial charge on any atom is 0.130 e. The minimum absolute atomic E-state index is 0.419. The molecule has 78 valence electrons. The van der Waals surface area contributed by atoms with E-state index in [1.807, 2.05) is 0 Å². The Morgan fingerprint density at radius 2 is 1.50 bits per heavy atom. The Kier molecular flexibility index (Phi) is 1.97. The zero-order valence-corrected chi connectivity index (χ0v) is 9.04. The van der Waals surface area contributed by atoms with Crippen LogP contribution in [0.4, 0.5) is 0 Å². The first-order chi connectivity index (χ1) is 6.72. The summed E-state index contributed by atoms with van der Waals surface area (Å²) in [6.45, 7) is 1.77. The van der Waals surface area contributed by atoms with E-state index in [1.165, 1.54) is 32.1 Å². The number of hydrogen-bond donors (Lipinski definition) is 0. The molecule has 0 saturated heterocycles. The van der Waals surface area contributed by atoms with Crippen molar-refractivity contribution in [3.8, 4) is 0 Å². The first-order valence-corrected chi connectivity index (χ1v) is 6.22. The van der Waals surface area contributed by atoms with E-state index in [9.17, 15) is 4.79 Å². The second-order valence-corrected chi connectivity index (χ2v) is 6.00. The summed E-state index contributed by atoms with van der Waals surface area (Å²) in [4.78, 5) is 11.2. The molecule has 4 aliphatic rings. The van der Waals surface area contributed by atoms with Gasteiger partial charge in [0.25, 0.3) is 0 Å². The maximum atomic E-state index is 11.2. The van der Waals surface area contributed by atoms with Crippen molar-refractivity contribution >= 4 is 5.78 Å². The van der Waals surface area contributed by atoms with Gasteiger partial charge in [0.2, 0.25) is 0 Å². The summed E-state index contributed by atoms with van der Waals surface area (Å²) in [5.41, 5.74) is 0. The molecule has 0 N–H and O–H groups in total. The Labute approximate surface area is 86.3 Å². The first kappa shape index (κ1) is 8.94. The van der Waals surface area contributed by atoms with Crippen molar-refractivity contribution < 1.29 is 4.79 Å². The highest BCUT2D eigenvalue weighted by atomic mass is 16.1. The summed E-state index contributed by atoms with van der Waals surface area (Å²) in [7, 11) is 0. The van der Waals surface area contributed by atoms with Gasteiger partial charge < -0.3 is 4.79 Å². The molecule has 0 amide bonds. The van der Waals surface area contributed by atoms with Gasteiger partial charge in [-0.05, 0) is 68.6 Å². The Balaban J connectivity index is 1.77. The number of carbonyl (C=O) groups excluding carboxylic acids is 1. The zero-order valence-electron chi connectivity index (χ0n) is 9.04. The standard InChI is InChI=1S/C13H20O/c1-8(14)2-13-11-4-9-3-10(6-11)7-12(13)5-9/h9-13H,2-7H2,1H3. The van der Waals surface area contributed by atoms with E-state index in [0.29, 0.717) is 5.78 Å². The molecule has 4 bridgehead atoms. The van der Waals surface area contributed by atoms with Gasteiger partial charge in [-0.3, -0.25) is 0 Å². The summed E-state index contributed by atoms with van der Waals surface area (Å²) in [5.74, 6) is 5.13. The second-order valence-electron chi connectivity index (χ2n) is 6.00. The molecule has 4 saturated carbocycles. The second kappa shape index (κ2) is 3.08. The summed E-state index contributed by atoms with van der Waals surface area (Å²) < 4.78 is 0. The van der Waals surface area contributed by atoms with Crippen molar-refractivity contribution in [1.82, 2.24) is 0 Å². The Bertz CT molecular complexity index is 228. The summed E-state index contributed by atoms with van der Waals surface area (Å²) in [6, 6.07) is 0. The van der Waals surface area contributed by atoms with E-state index in [2.05, 4.69) is 0 Å². The smallest absolute Gasteiger partial charge is 0.130 e. The van der Waals surface area contributed by atoms with Gasteiger partial charge in [-0.25, -0.2) is 0 Å². The predicted molar refractivity (Wildman–Crippen MR) is 55.8 cm³/mol. The fourth-order valence-electron chi connectivity index (χ4n) is 4.70. The lowest BCUT2D eigenvalue weighted by Gasteiger charge is -2.54. The predicted octanol–water partition coefficient (Wildman–Crippen LogP) is 3.04. The Morgan fingerprint density at radius 3 is 1.93 bits per heavy atom. The molecule has 4 fully saturated rings. The van der Waals surface area contributed by atoms with Crippen LogP contribution in [0.15, 0.2) is 0 Å². The number of rotatable bonds is 2. The molecule has 0 radical (unpaired) electrons. The molecule has 0 unspecified atom stereocenters. The third-order valence-electron chi connectivity index (χ3n) is 4.95. The van der Waals surface area contributed by atoms with Crippen LogP contribution < -0.4 is 0 Å². The van der Waals surface area contributed by atoms with Gasteiger partial charge in [-0.2, -0.15) is 0 Å². The van der Waals surface area contributed by atoms with Crippen LogP contribution in [0.5, 0.6) is 0 Å². The van der Waals surface area contributed by atoms with E-state index >= 15 is 0 Å². The van der Waals surface area contributed by atoms with E-state index < -0.39 is 0 Å². The number of hydrogen-bond acceptors (Lipinski definition) is 1. The lowest BCUT2D eigenvalue weighted by atomic mass is 9.51. The van der Waals surface area contributed by atoms with Crippen LogP contribution >= 0.6 is 0 Å². The lowest BCUT2D eigenvalue weighted by Crippen LogP contribution is -2.45. The largest absolute Gasteiger partial charge is 0.300 e. The van der Waals surface area contributed by atoms with Gasteiger partial charge in [-0.1, -0.05) is 0 Å². The van der Waals surface area contributed by atoms with Crippen LogP contribution in [0, 0.1) is 29.6 Å². The van der Waals surface area contributed by atoms with Crippen LogP contribution in [-0.2, 0) is 4.79 Å². The molecule has 0 atom stereocenters. The van der Waals surface area contributed by atoms with Gasteiger partial charge in [-0.15, -0.1) is 0 Å². The van der Waals surface area contributed by atoms with Crippen molar-refractivity contribution in [2.45, 2.75) is 45.4 Å². The molecular weight excluding hydrogens is 172 g/mol. The van der Waals surface area contributed by atoms with Gasteiger partial charge in [0.15, 0.2) is 0 Å². The number of carbonyl (C=O) groups is 1. The van der Waals surface area contributed by atoms with Crippen molar-refractivity contribution in [2.75, 3.05) is 0 Å². The molecule has 0 aromatic rings. The topological polar surface area (TPSA) is 17.1 Å². The molecule has 0 spiro atoms. The van der Waals surface area contributed by atoms with Gasteiger partial charge in [0, 0.05) is 6.42 Å². The SMILES string of the molecule is CC(=O)CC1C2CC3CC(C2)CC1C3. The normalized spacial score (nSPS) is 49.6. The lowest BCUT2D eigenvalue weighted by molar-refractivity contribution is -0.122. The van der Waals surface area contributed by atoms with Crippen molar-refractivity contribution in [1.29, 1.82) is 0 Å². The molecule has 0 aromatic heterocycles. The van der Waals surface area contributed by atoms with Crippen molar-refractivity contribution in [3.05, 3.63) is 0 Å². The molecule has 4 rings (SSSR count). The van der Waals surface area contributed by atoms with Crippen LogP contribution in [0.1, 0.15) is 45.4 Å². The monoisotopic (exact) mass is 192 g/mol. The quantitative estimate of drug-likeness (QED) is 0.657. The Hall–Kier alpha value is -0.330. The molecule has 0 aliphatic heterocycles. The highest BCUT2D eigenvalue weighted by Gasteiger charge is 2.47. The molecular formula is C13H20O. The highest BCUT2D eigenvalue weighted by Crippen LogP contribution is 2.57. The minimum atomic E-state index is 0.419. The fraction of sp³-hybridized carbons (Fsp3) is 0.923. The average Bonchev–Trinajstić information content (AvgIpc) is 2.09. The third-order valence-corrected chi connectivity index (χ3v) is 4.95. The molecule has 0 heterocycles. The van der Waals surface area contributed by atoms with E-state index in [1.54, 1.807) is 6.92 Å². The molecule has 0 aromatic carbocycles. The molecule has 14 heavy (non-hydrogen) atoms. The summed E-state index contributed by atoms with van der Waals surface area (Å²) >= 11 is 0. The van der Waals surface area contributed by atoms with Gasteiger partial charge >= 0.3 is 0 Å². The number of ketones is 1. The van der Waals surface area contributed by atoms with Crippen molar-refractivity contribution in [3.63, 3.8) is 0 Å². The number of Topliss-reactive ketones (excluding diaryl/α,β-unsaturated/α-hetero) is 1. The Morgan fingerprint density at radius 1 is 1.00 bits per heavy atom. The minimum Gasteiger partial charge on any atom is -0.300 e. The fourth-order valence-corrected chi connectivity index (χ4v) is 4.70. The maximum absolute atomic E-state index is 11.2. The molecule has 1 heteroatoms. The van der Waals surface area contributed by atoms with E-state index in [0.717, 1.165) is 36.0 Å². The van der Waals surface area contributed by atoms with Crippen LogP contribution in [0.25, 0.3) is 0 Å². The van der Waals surface area contributed by atoms with Gasteiger partial charge in [0.05, 0.1) is 0 Å². The summed E-state index contributed by atoms with van der Waals surface area (Å²) in [5, 5.41) is 0. The summed E-state index contributed by atoms with van der Waals surface area (Å²) in [6.07, 6.45) is 8.19. The average molecular weight is 192 g/mol. The highest BCUT2D eigenvalue weighted by molar-refractivity contribution is 5.75. The first-order valence-electron chi connectivity index (χ1n) is 6.22. The molecule has 4 aliphatic carbocycles. The van der Waals surface area contributed by atoms with Gasteiger partial charge in [0.1, 0.15) is 5.78 Å². The van der Waals surface area contributed by atoms with E-state index in [4.69, 9.17) is 0 Å². The van der Waals surface area contributed by atoms with Crippen molar-refractivity contribution in [2.24, 2.45) is 29.6 Å². The van der Waals surface area contributed by atoms with Crippen LogP contribution in [-0.4, -0.2) is 5.78 Å².